The first kappa shape index (κ1) is 17.1. The van der Waals surface area contributed by atoms with E-state index in [-0.39, 0.29) is 12.5 Å². The first-order valence-corrected chi connectivity index (χ1v) is 9.31. The van der Waals surface area contributed by atoms with Gasteiger partial charge in [0.25, 0.3) is 0 Å². The van der Waals surface area contributed by atoms with Gasteiger partial charge < -0.3 is 4.74 Å². The number of amides is 1. The molecule has 1 amide bonds. The van der Waals surface area contributed by atoms with Crippen molar-refractivity contribution < 1.29 is 9.53 Å². The molecule has 5 rings (SSSR count). The molecule has 0 saturated carbocycles. The van der Waals surface area contributed by atoms with E-state index < -0.39 is 6.09 Å². The SMILES string of the molecule is C#Cc1ccc2c(NC(=O)OCC3c4ccccc4-c4ccccc43)n[nH]c2c1. The van der Waals surface area contributed by atoms with Gasteiger partial charge in [-0.1, -0.05) is 54.5 Å². The first-order chi connectivity index (χ1) is 14.2. The first-order valence-electron chi connectivity index (χ1n) is 9.31. The number of anilines is 1. The Balaban J connectivity index is 1.33. The van der Waals surface area contributed by atoms with E-state index in [0.717, 1.165) is 16.5 Å². The Hall–Kier alpha value is -4.04. The van der Waals surface area contributed by atoms with Gasteiger partial charge in [-0.3, -0.25) is 10.4 Å². The minimum atomic E-state index is -0.540. The number of ether oxygens (including phenoxy) is 1. The number of benzene rings is 3. The van der Waals surface area contributed by atoms with E-state index in [1.807, 2.05) is 36.4 Å². The lowest BCUT2D eigenvalue weighted by atomic mass is 9.98. The number of aromatic nitrogens is 2. The number of H-pyrrole nitrogens is 1. The lowest BCUT2D eigenvalue weighted by Crippen LogP contribution is -2.18. The zero-order valence-corrected chi connectivity index (χ0v) is 15.5. The predicted octanol–water partition coefficient (Wildman–Crippen LogP) is 4.91. The van der Waals surface area contributed by atoms with Crippen LogP contribution in [0.25, 0.3) is 22.0 Å². The molecule has 3 aromatic carbocycles. The molecule has 5 heteroatoms. The summed E-state index contributed by atoms with van der Waals surface area (Å²) < 4.78 is 5.57. The van der Waals surface area contributed by atoms with Crippen LogP contribution in [0.15, 0.2) is 66.7 Å². The van der Waals surface area contributed by atoms with Crippen molar-refractivity contribution in [2.75, 3.05) is 11.9 Å². The van der Waals surface area contributed by atoms with Gasteiger partial charge >= 0.3 is 6.09 Å². The third-order valence-corrected chi connectivity index (χ3v) is 5.29. The van der Waals surface area contributed by atoms with Crippen LogP contribution in [0.4, 0.5) is 10.6 Å². The molecular formula is C24H17N3O2. The number of terminal acetylenes is 1. The normalized spacial score (nSPS) is 12.2. The summed E-state index contributed by atoms with van der Waals surface area (Å²) in [4.78, 5) is 12.4. The van der Waals surface area contributed by atoms with Crippen LogP contribution >= 0.6 is 0 Å². The smallest absolute Gasteiger partial charge is 0.412 e. The quantitative estimate of drug-likeness (QED) is 0.497. The van der Waals surface area contributed by atoms with Crippen molar-refractivity contribution >= 4 is 22.8 Å². The van der Waals surface area contributed by atoms with Crippen molar-refractivity contribution in [3.8, 4) is 23.5 Å². The summed E-state index contributed by atoms with van der Waals surface area (Å²) >= 11 is 0. The van der Waals surface area contributed by atoms with Gasteiger partial charge in [-0.25, -0.2) is 4.79 Å². The molecule has 140 valence electrons. The Bertz CT molecular complexity index is 1240. The fourth-order valence-electron chi connectivity index (χ4n) is 3.94. The molecule has 4 aromatic rings. The van der Waals surface area contributed by atoms with Gasteiger partial charge in [0.15, 0.2) is 5.82 Å². The number of rotatable bonds is 3. The highest BCUT2D eigenvalue weighted by Gasteiger charge is 2.29. The lowest BCUT2D eigenvalue weighted by molar-refractivity contribution is 0.158. The maximum absolute atomic E-state index is 12.4. The zero-order valence-electron chi connectivity index (χ0n) is 15.5. The Kier molecular flexibility index (Phi) is 4.03. The highest BCUT2D eigenvalue weighted by atomic mass is 16.5. The summed E-state index contributed by atoms with van der Waals surface area (Å²) in [6.07, 6.45) is 4.88. The second kappa shape index (κ2) is 6.84. The standard InChI is InChI=1S/C24H17N3O2/c1-2-15-11-12-20-22(13-15)26-27-23(20)25-24(28)29-14-21-18-9-5-3-7-16(18)17-8-4-6-10-19(17)21/h1,3-13,21H,14H2,(H2,25,26,27,28). The average molecular weight is 379 g/mol. The molecule has 0 atom stereocenters. The van der Waals surface area contributed by atoms with Crippen molar-refractivity contribution in [2.24, 2.45) is 0 Å². The summed E-state index contributed by atoms with van der Waals surface area (Å²) in [5.74, 6) is 3.01. The van der Waals surface area contributed by atoms with Crippen LogP contribution < -0.4 is 5.32 Å². The molecule has 5 nitrogen and oxygen atoms in total. The van der Waals surface area contributed by atoms with Gasteiger partial charge in [0, 0.05) is 16.9 Å². The molecule has 1 heterocycles. The summed E-state index contributed by atoms with van der Waals surface area (Å²) in [6.45, 7) is 0.253. The Morgan fingerprint density at radius 1 is 1.07 bits per heavy atom. The largest absolute Gasteiger partial charge is 0.448 e. The number of hydrogen-bond acceptors (Lipinski definition) is 3. The molecule has 0 radical (unpaired) electrons. The van der Waals surface area contributed by atoms with E-state index >= 15 is 0 Å². The van der Waals surface area contributed by atoms with Crippen LogP contribution in [0.2, 0.25) is 0 Å². The topological polar surface area (TPSA) is 67.0 Å². The molecule has 0 bridgehead atoms. The van der Waals surface area contributed by atoms with Gasteiger partial charge in [0.1, 0.15) is 6.61 Å². The summed E-state index contributed by atoms with van der Waals surface area (Å²) in [7, 11) is 0. The van der Waals surface area contributed by atoms with E-state index in [1.165, 1.54) is 22.3 Å². The van der Waals surface area contributed by atoms with Gasteiger partial charge in [-0.2, -0.15) is 5.10 Å². The van der Waals surface area contributed by atoms with Crippen LogP contribution in [0.3, 0.4) is 0 Å². The molecule has 1 aromatic heterocycles. The maximum atomic E-state index is 12.4. The van der Waals surface area contributed by atoms with E-state index in [2.05, 4.69) is 45.7 Å². The van der Waals surface area contributed by atoms with Crippen molar-refractivity contribution in [3.05, 3.63) is 83.4 Å². The number of nitrogens with one attached hydrogen (secondary N) is 2. The fourth-order valence-corrected chi connectivity index (χ4v) is 3.94. The van der Waals surface area contributed by atoms with E-state index in [1.54, 1.807) is 6.07 Å². The van der Waals surface area contributed by atoms with Gasteiger partial charge in [0.2, 0.25) is 0 Å². The number of aromatic amines is 1. The van der Waals surface area contributed by atoms with Gasteiger partial charge in [-0.15, -0.1) is 6.42 Å². The predicted molar refractivity (Wildman–Crippen MR) is 113 cm³/mol. The molecule has 0 fully saturated rings. The van der Waals surface area contributed by atoms with Crippen LogP contribution in [0, 0.1) is 12.3 Å². The number of fused-ring (bicyclic) bond motifs is 4. The highest BCUT2D eigenvalue weighted by molar-refractivity contribution is 5.97. The average Bonchev–Trinajstić information content (AvgIpc) is 3.31. The third-order valence-electron chi connectivity index (χ3n) is 5.29. The van der Waals surface area contributed by atoms with Gasteiger partial charge in [0.05, 0.1) is 5.52 Å². The number of hydrogen-bond donors (Lipinski definition) is 2. The number of carbonyl (C=O) groups is 1. The lowest BCUT2D eigenvalue weighted by Gasteiger charge is -2.14. The summed E-state index contributed by atoms with van der Waals surface area (Å²) in [5.41, 5.74) is 6.24. The van der Waals surface area contributed by atoms with Crippen LogP contribution in [-0.4, -0.2) is 22.9 Å². The zero-order chi connectivity index (χ0) is 19.8. The second-order valence-electron chi connectivity index (χ2n) is 6.93. The second-order valence-corrected chi connectivity index (χ2v) is 6.93. The van der Waals surface area contributed by atoms with Gasteiger partial charge in [-0.05, 0) is 40.5 Å². The van der Waals surface area contributed by atoms with Crippen molar-refractivity contribution in [1.29, 1.82) is 0 Å². The maximum Gasteiger partial charge on any atom is 0.412 e. The number of nitrogens with zero attached hydrogens (tertiary/aromatic N) is 1. The Morgan fingerprint density at radius 2 is 1.76 bits per heavy atom. The van der Waals surface area contributed by atoms with Crippen LogP contribution in [0.5, 0.6) is 0 Å². The fraction of sp³-hybridized carbons (Fsp3) is 0.0833. The monoisotopic (exact) mass is 379 g/mol. The molecule has 0 unspecified atom stereocenters. The van der Waals surface area contributed by atoms with E-state index in [9.17, 15) is 4.79 Å². The third kappa shape index (κ3) is 2.91. The van der Waals surface area contributed by atoms with E-state index in [4.69, 9.17) is 11.2 Å². The highest BCUT2D eigenvalue weighted by Crippen LogP contribution is 2.44. The Morgan fingerprint density at radius 3 is 2.45 bits per heavy atom. The minimum absolute atomic E-state index is 0.0160. The molecule has 0 saturated heterocycles. The summed E-state index contributed by atoms with van der Waals surface area (Å²) in [6, 6.07) is 21.9. The molecule has 1 aliphatic rings. The van der Waals surface area contributed by atoms with E-state index in [0.29, 0.717) is 5.82 Å². The number of carbonyl (C=O) groups excluding carboxylic acids is 1. The van der Waals surface area contributed by atoms with Crippen molar-refractivity contribution in [2.45, 2.75) is 5.92 Å². The Labute approximate surface area is 167 Å². The van der Waals surface area contributed by atoms with Crippen LogP contribution in [0.1, 0.15) is 22.6 Å². The van der Waals surface area contributed by atoms with Crippen molar-refractivity contribution in [3.63, 3.8) is 0 Å². The molecule has 0 spiro atoms. The van der Waals surface area contributed by atoms with Crippen molar-refractivity contribution in [1.82, 2.24) is 10.2 Å². The molecular weight excluding hydrogens is 362 g/mol. The minimum Gasteiger partial charge on any atom is -0.448 e. The molecule has 0 aliphatic heterocycles. The molecule has 2 N–H and O–H groups in total. The van der Waals surface area contributed by atoms with Crippen LogP contribution in [-0.2, 0) is 4.74 Å². The molecule has 29 heavy (non-hydrogen) atoms. The summed E-state index contributed by atoms with van der Waals surface area (Å²) in [5, 5.41) is 10.5. The molecule has 1 aliphatic carbocycles.